The van der Waals surface area contributed by atoms with E-state index < -0.39 is 12.1 Å². The van der Waals surface area contributed by atoms with E-state index in [1.165, 1.54) is 19.2 Å². The molecule has 12 heteroatoms. The first-order chi connectivity index (χ1) is 21.3. The Morgan fingerprint density at radius 2 is 1.84 bits per heavy atom. The van der Waals surface area contributed by atoms with Crippen LogP contribution in [0.5, 0.6) is 17.2 Å². The number of carbonyl (C=O) groups is 3. The fourth-order valence-electron chi connectivity index (χ4n) is 5.62. The van der Waals surface area contributed by atoms with Gasteiger partial charge in [-0.1, -0.05) is 18.2 Å². The molecule has 4 aliphatic rings. The molecule has 1 N–H and O–H groups in total. The first kappa shape index (κ1) is 29.4. The van der Waals surface area contributed by atoms with Crippen LogP contribution < -0.4 is 20.3 Å². The molecule has 2 fully saturated rings. The van der Waals surface area contributed by atoms with Crippen molar-refractivity contribution >= 4 is 17.7 Å². The van der Waals surface area contributed by atoms with Crippen LogP contribution in [0.15, 0.2) is 59.4 Å². The number of hydrogen-bond donors (Lipinski definition) is 1. The molecule has 1 aromatic heterocycles. The maximum atomic E-state index is 13.4. The number of aromatic nitrogens is 2. The van der Waals surface area contributed by atoms with Crippen molar-refractivity contribution in [1.82, 2.24) is 24.9 Å². The van der Waals surface area contributed by atoms with Crippen LogP contribution in [-0.2, 0) is 34.4 Å². The van der Waals surface area contributed by atoms with Crippen molar-refractivity contribution in [3.05, 3.63) is 81.8 Å². The molecule has 1 saturated heterocycles. The highest BCUT2D eigenvalue weighted by Gasteiger charge is 2.39. The van der Waals surface area contributed by atoms with E-state index in [2.05, 4.69) is 10.4 Å². The largest absolute Gasteiger partial charge is 0.493 e. The summed E-state index contributed by atoms with van der Waals surface area (Å²) in [5.41, 5.74) is 1.57. The molecule has 44 heavy (non-hydrogen) atoms. The molecule has 0 spiro atoms. The second-order valence-electron chi connectivity index (χ2n) is 11.4. The molecular weight excluding hydrogens is 566 g/mol. The minimum absolute atomic E-state index is 0.0449. The summed E-state index contributed by atoms with van der Waals surface area (Å²) < 4.78 is 19.2. The first-order valence-corrected chi connectivity index (χ1v) is 14.7. The SMILES string of the molecule is COc1cc2ccc1Oc1cccc(c1)CO[C@H]1CN(C(=O)c3ccc(=O)n(C)n3)C[C@@H]1NC(=O)CN(C1CC1)C(=O)CC2. The van der Waals surface area contributed by atoms with Crippen LogP contribution in [0.25, 0.3) is 0 Å². The molecule has 4 bridgehead atoms. The Kier molecular flexibility index (Phi) is 8.34. The monoisotopic (exact) mass is 601 g/mol. The summed E-state index contributed by atoms with van der Waals surface area (Å²) in [6.45, 7) is 0.533. The van der Waals surface area contributed by atoms with Gasteiger partial charge in [-0.2, -0.15) is 5.10 Å². The number of amides is 3. The zero-order valence-electron chi connectivity index (χ0n) is 24.7. The van der Waals surface area contributed by atoms with Crippen molar-refractivity contribution in [2.45, 2.75) is 50.5 Å². The third-order valence-corrected chi connectivity index (χ3v) is 8.15. The highest BCUT2D eigenvalue weighted by molar-refractivity contribution is 5.92. The van der Waals surface area contributed by atoms with Crippen molar-refractivity contribution in [2.24, 2.45) is 7.05 Å². The van der Waals surface area contributed by atoms with E-state index in [0.29, 0.717) is 23.7 Å². The van der Waals surface area contributed by atoms with Crippen LogP contribution in [0.2, 0.25) is 0 Å². The Morgan fingerprint density at radius 3 is 2.61 bits per heavy atom. The van der Waals surface area contributed by atoms with Gasteiger partial charge in [0, 0.05) is 38.7 Å². The second kappa shape index (κ2) is 12.5. The van der Waals surface area contributed by atoms with E-state index in [1.54, 1.807) is 16.9 Å². The third kappa shape index (κ3) is 6.60. The lowest BCUT2D eigenvalue weighted by atomic mass is 10.1. The summed E-state index contributed by atoms with van der Waals surface area (Å²) in [6.07, 6.45) is 1.94. The van der Waals surface area contributed by atoms with Gasteiger partial charge >= 0.3 is 0 Å². The van der Waals surface area contributed by atoms with Crippen LogP contribution in [0, 0.1) is 0 Å². The van der Waals surface area contributed by atoms with E-state index >= 15 is 0 Å². The van der Waals surface area contributed by atoms with Gasteiger partial charge in [-0.25, -0.2) is 4.68 Å². The van der Waals surface area contributed by atoms with E-state index in [-0.39, 0.29) is 67.7 Å². The molecule has 1 saturated carbocycles. The zero-order valence-corrected chi connectivity index (χ0v) is 24.7. The average Bonchev–Trinajstić information content (AvgIpc) is 3.79. The van der Waals surface area contributed by atoms with Crippen molar-refractivity contribution in [3.8, 4) is 17.2 Å². The van der Waals surface area contributed by atoms with Gasteiger partial charge < -0.3 is 29.3 Å². The lowest BCUT2D eigenvalue weighted by Gasteiger charge is -2.25. The maximum absolute atomic E-state index is 13.4. The summed E-state index contributed by atoms with van der Waals surface area (Å²) >= 11 is 0. The van der Waals surface area contributed by atoms with Gasteiger partial charge in [0.2, 0.25) is 11.8 Å². The zero-order chi connectivity index (χ0) is 30.8. The minimum atomic E-state index is -0.528. The molecule has 7 rings (SSSR count). The lowest BCUT2D eigenvalue weighted by Crippen LogP contribution is -2.49. The summed E-state index contributed by atoms with van der Waals surface area (Å²) in [5, 5.41) is 7.13. The first-order valence-electron chi connectivity index (χ1n) is 14.7. The molecule has 0 radical (unpaired) electrons. The van der Waals surface area contributed by atoms with Gasteiger partial charge in [-0.15, -0.1) is 0 Å². The molecule has 4 heterocycles. The van der Waals surface area contributed by atoms with Gasteiger partial charge in [-0.05, 0) is 60.7 Å². The number of nitrogens with one attached hydrogen (secondary N) is 1. The standard InChI is InChI=1S/C32H35N5O7/c1-35-30(39)13-10-24(34-35)32(41)36-16-25-28(17-36)43-19-21-4-3-5-23(14-21)44-26-11-6-20(15-27(26)42-2)7-12-31(40)37(22-8-9-22)18-29(38)33-25/h3-6,10-11,13-15,22,25,28H,7-9,12,16-19H2,1-2H3,(H,33,38)/t25-,28-/m0/s1. The summed E-state index contributed by atoms with van der Waals surface area (Å²) in [5.74, 6) is 0.930. The smallest absolute Gasteiger partial charge is 0.274 e. The number of ether oxygens (including phenoxy) is 3. The van der Waals surface area contributed by atoms with E-state index in [9.17, 15) is 19.2 Å². The van der Waals surface area contributed by atoms with Crippen LogP contribution in [0.3, 0.4) is 0 Å². The molecule has 12 nitrogen and oxygen atoms in total. The van der Waals surface area contributed by atoms with Crippen molar-refractivity contribution in [3.63, 3.8) is 0 Å². The third-order valence-electron chi connectivity index (χ3n) is 8.15. The number of fused-ring (bicyclic) bond motifs is 9. The van der Waals surface area contributed by atoms with Gasteiger partial charge in [0.05, 0.1) is 32.4 Å². The van der Waals surface area contributed by atoms with Crippen LogP contribution >= 0.6 is 0 Å². The van der Waals surface area contributed by atoms with Gasteiger partial charge in [-0.3, -0.25) is 19.2 Å². The number of aryl methyl sites for hydroxylation is 2. The number of likely N-dealkylation sites (tertiary alicyclic amines) is 1. The van der Waals surface area contributed by atoms with Gasteiger partial charge in [0.1, 0.15) is 11.4 Å². The predicted molar refractivity (Wildman–Crippen MR) is 158 cm³/mol. The summed E-state index contributed by atoms with van der Waals surface area (Å²) in [4.78, 5) is 55.0. The topological polar surface area (TPSA) is 132 Å². The number of benzene rings is 2. The number of hydrogen-bond acceptors (Lipinski definition) is 8. The van der Waals surface area contributed by atoms with E-state index in [1.807, 2.05) is 42.5 Å². The predicted octanol–water partition coefficient (Wildman–Crippen LogP) is 2.04. The molecule has 2 atom stereocenters. The summed E-state index contributed by atoms with van der Waals surface area (Å²) in [6, 6.07) is 15.3. The Morgan fingerprint density at radius 1 is 1.00 bits per heavy atom. The fraction of sp³-hybridized carbons (Fsp3) is 0.406. The quantitative estimate of drug-likeness (QED) is 0.483. The molecule has 0 unspecified atom stereocenters. The molecular formula is C32H35N5O7. The highest BCUT2D eigenvalue weighted by atomic mass is 16.5. The lowest BCUT2D eigenvalue weighted by molar-refractivity contribution is -0.137. The van der Waals surface area contributed by atoms with Gasteiger partial charge in [0.25, 0.3) is 11.5 Å². The van der Waals surface area contributed by atoms with Crippen LogP contribution in [-0.4, -0.2) is 82.2 Å². The molecule has 230 valence electrons. The fourth-order valence-corrected chi connectivity index (χ4v) is 5.62. The Labute approximate surface area is 254 Å². The van der Waals surface area contributed by atoms with Crippen molar-refractivity contribution < 1.29 is 28.6 Å². The minimum Gasteiger partial charge on any atom is -0.493 e. The average molecular weight is 602 g/mol. The maximum Gasteiger partial charge on any atom is 0.274 e. The number of carbonyl (C=O) groups excluding carboxylic acids is 3. The summed E-state index contributed by atoms with van der Waals surface area (Å²) in [7, 11) is 3.06. The van der Waals surface area contributed by atoms with Crippen LogP contribution in [0.1, 0.15) is 40.9 Å². The molecule has 1 aliphatic carbocycles. The van der Waals surface area contributed by atoms with Crippen molar-refractivity contribution in [2.75, 3.05) is 26.7 Å². The van der Waals surface area contributed by atoms with Crippen LogP contribution in [0.4, 0.5) is 0 Å². The molecule has 3 amide bonds. The van der Waals surface area contributed by atoms with E-state index in [0.717, 1.165) is 28.7 Å². The van der Waals surface area contributed by atoms with Gasteiger partial charge in [0.15, 0.2) is 11.5 Å². The number of nitrogens with zero attached hydrogens (tertiary/aromatic N) is 4. The number of rotatable bonds is 3. The molecule has 2 aromatic carbocycles. The van der Waals surface area contributed by atoms with E-state index in [4.69, 9.17) is 14.2 Å². The van der Waals surface area contributed by atoms with Crippen molar-refractivity contribution in [1.29, 1.82) is 0 Å². The molecule has 3 aromatic rings. The molecule has 3 aliphatic heterocycles. The number of methoxy groups -OCH3 is 1. The Balaban J connectivity index is 1.27. The Hall–Kier alpha value is -4.71. The second-order valence-corrected chi connectivity index (χ2v) is 11.4. The highest BCUT2D eigenvalue weighted by Crippen LogP contribution is 2.34. The Bertz CT molecular complexity index is 1640. The normalized spacial score (nSPS) is 21.0.